The summed E-state index contributed by atoms with van der Waals surface area (Å²) in [6, 6.07) is 6.02. The van der Waals surface area contributed by atoms with Gasteiger partial charge in [-0.2, -0.15) is 0 Å². The van der Waals surface area contributed by atoms with Crippen LogP contribution in [-0.2, 0) is 4.74 Å². The highest BCUT2D eigenvalue weighted by molar-refractivity contribution is 9.10. The van der Waals surface area contributed by atoms with Gasteiger partial charge in [-0.15, -0.1) is 0 Å². The molecular weight excluding hydrogens is 318 g/mol. The maximum Gasteiger partial charge on any atom is 0.338 e. The molecule has 1 N–H and O–H groups in total. The first kappa shape index (κ1) is 17.0. The monoisotopic (exact) mass is 341 g/mol. The third-order valence-corrected chi connectivity index (χ3v) is 3.89. The number of carbonyl (C=O) groups excluding carboxylic acids is 1. The van der Waals surface area contributed by atoms with Gasteiger partial charge in [-0.25, -0.2) is 4.79 Å². The van der Waals surface area contributed by atoms with E-state index in [1.165, 1.54) is 19.3 Å². The van der Waals surface area contributed by atoms with E-state index in [2.05, 4.69) is 35.1 Å². The number of esters is 1. The largest absolute Gasteiger partial charge is 0.462 e. The average molecular weight is 342 g/mol. The molecule has 3 nitrogen and oxygen atoms in total. The molecule has 0 radical (unpaired) electrons. The van der Waals surface area contributed by atoms with E-state index in [1.807, 2.05) is 19.1 Å². The summed E-state index contributed by atoms with van der Waals surface area (Å²) in [6.07, 6.45) is 4.69. The molecule has 1 rings (SSSR count). The molecule has 0 aliphatic carbocycles. The summed E-state index contributed by atoms with van der Waals surface area (Å²) in [7, 11) is 0. The van der Waals surface area contributed by atoms with Crippen LogP contribution in [0.4, 0.5) is 5.69 Å². The molecule has 0 saturated carbocycles. The number of hydrogen-bond acceptors (Lipinski definition) is 3. The van der Waals surface area contributed by atoms with Crippen LogP contribution in [0.25, 0.3) is 0 Å². The van der Waals surface area contributed by atoms with Gasteiger partial charge in [0.25, 0.3) is 0 Å². The Morgan fingerprint density at radius 3 is 2.65 bits per heavy atom. The second-order valence-corrected chi connectivity index (χ2v) is 5.66. The minimum atomic E-state index is -0.280. The minimum absolute atomic E-state index is 0.280. The van der Waals surface area contributed by atoms with E-state index in [4.69, 9.17) is 4.74 Å². The fraction of sp³-hybridized carbons (Fsp3) is 0.562. The van der Waals surface area contributed by atoms with Crippen molar-refractivity contribution in [3.8, 4) is 0 Å². The molecule has 112 valence electrons. The van der Waals surface area contributed by atoms with Gasteiger partial charge in [-0.3, -0.25) is 0 Å². The van der Waals surface area contributed by atoms with E-state index in [9.17, 15) is 4.79 Å². The highest BCUT2D eigenvalue weighted by atomic mass is 79.9. The van der Waals surface area contributed by atoms with Crippen LogP contribution in [0.15, 0.2) is 22.7 Å². The highest BCUT2D eigenvalue weighted by Gasteiger charge is 2.11. The number of benzene rings is 1. The van der Waals surface area contributed by atoms with Gasteiger partial charge in [0.15, 0.2) is 0 Å². The van der Waals surface area contributed by atoms with E-state index < -0.39 is 0 Å². The van der Waals surface area contributed by atoms with Gasteiger partial charge in [0, 0.05) is 16.2 Å². The Kier molecular flexibility index (Phi) is 7.67. The Morgan fingerprint density at radius 2 is 2.10 bits per heavy atom. The summed E-state index contributed by atoms with van der Waals surface area (Å²) in [4.78, 5) is 11.7. The Morgan fingerprint density at radius 1 is 1.35 bits per heavy atom. The van der Waals surface area contributed by atoms with Gasteiger partial charge >= 0.3 is 5.97 Å². The predicted octanol–water partition coefficient (Wildman–Crippen LogP) is 5.01. The van der Waals surface area contributed by atoms with Crippen LogP contribution in [0, 0.1) is 0 Å². The quantitative estimate of drug-likeness (QED) is 0.675. The molecule has 0 aliphatic rings. The minimum Gasteiger partial charge on any atom is -0.462 e. The number of anilines is 1. The SMILES string of the molecule is CCCCC(CC)Nc1ccc(C(=O)OCC)cc1Br. The van der Waals surface area contributed by atoms with Gasteiger partial charge in [0.1, 0.15) is 0 Å². The number of carbonyl (C=O) groups is 1. The first-order valence-electron chi connectivity index (χ1n) is 7.35. The lowest BCUT2D eigenvalue weighted by Crippen LogP contribution is -2.18. The van der Waals surface area contributed by atoms with Crippen LogP contribution in [0.3, 0.4) is 0 Å². The van der Waals surface area contributed by atoms with Crippen molar-refractivity contribution in [1.29, 1.82) is 0 Å². The first-order chi connectivity index (χ1) is 9.62. The lowest BCUT2D eigenvalue weighted by Gasteiger charge is -2.19. The summed E-state index contributed by atoms with van der Waals surface area (Å²) in [5, 5.41) is 3.53. The van der Waals surface area contributed by atoms with Crippen molar-refractivity contribution >= 4 is 27.6 Å². The van der Waals surface area contributed by atoms with Crippen molar-refractivity contribution < 1.29 is 9.53 Å². The predicted molar refractivity (Wildman–Crippen MR) is 87.3 cm³/mol. The second-order valence-electron chi connectivity index (χ2n) is 4.81. The molecule has 4 heteroatoms. The van der Waals surface area contributed by atoms with E-state index in [1.54, 1.807) is 6.07 Å². The Hall–Kier alpha value is -1.03. The topological polar surface area (TPSA) is 38.3 Å². The van der Waals surface area contributed by atoms with Crippen molar-refractivity contribution in [2.45, 2.75) is 52.5 Å². The fourth-order valence-corrected chi connectivity index (χ4v) is 2.52. The number of ether oxygens (including phenoxy) is 1. The molecular formula is C16H24BrNO2. The number of rotatable bonds is 8. The Balaban J connectivity index is 2.74. The molecule has 0 spiro atoms. The summed E-state index contributed by atoms with van der Waals surface area (Å²) in [6.45, 7) is 6.60. The zero-order valence-electron chi connectivity index (χ0n) is 12.5. The van der Waals surface area contributed by atoms with Crippen LogP contribution in [0.5, 0.6) is 0 Å². The first-order valence-corrected chi connectivity index (χ1v) is 8.14. The molecule has 0 fully saturated rings. The molecule has 0 saturated heterocycles. The molecule has 0 bridgehead atoms. The summed E-state index contributed by atoms with van der Waals surface area (Å²) in [5.41, 5.74) is 1.60. The van der Waals surface area contributed by atoms with Crippen molar-refractivity contribution in [1.82, 2.24) is 0 Å². The molecule has 20 heavy (non-hydrogen) atoms. The molecule has 0 aromatic heterocycles. The smallest absolute Gasteiger partial charge is 0.338 e. The van der Waals surface area contributed by atoms with Gasteiger partial charge in [0.2, 0.25) is 0 Å². The lowest BCUT2D eigenvalue weighted by molar-refractivity contribution is 0.0526. The summed E-state index contributed by atoms with van der Waals surface area (Å²) >= 11 is 3.52. The second kappa shape index (κ2) is 9.01. The number of unbranched alkanes of at least 4 members (excludes halogenated alkanes) is 1. The van der Waals surface area contributed by atoms with Crippen molar-refractivity contribution in [3.05, 3.63) is 28.2 Å². The molecule has 1 unspecified atom stereocenters. The van der Waals surface area contributed by atoms with Gasteiger partial charge in [0.05, 0.1) is 12.2 Å². The molecule has 1 aromatic rings. The standard InChI is InChI=1S/C16H24BrNO2/c1-4-7-8-13(5-2)18-15-10-9-12(11-14(15)17)16(19)20-6-3/h9-11,13,18H,4-8H2,1-3H3. The highest BCUT2D eigenvalue weighted by Crippen LogP contribution is 2.26. The fourth-order valence-electron chi connectivity index (χ4n) is 2.02. The molecule has 0 aliphatic heterocycles. The van der Waals surface area contributed by atoms with Crippen LogP contribution >= 0.6 is 15.9 Å². The van der Waals surface area contributed by atoms with Crippen LogP contribution in [0.1, 0.15) is 56.8 Å². The Labute approximate surface area is 130 Å². The lowest BCUT2D eigenvalue weighted by atomic mass is 10.1. The average Bonchev–Trinajstić information content (AvgIpc) is 2.45. The maximum absolute atomic E-state index is 11.7. The van der Waals surface area contributed by atoms with Crippen LogP contribution in [-0.4, -0.2) is 18.6 Å². The summed E-state index contributed by atoms with van der Waals surface area (Å²) < 4.78 is 5.90. The summed E-state index contributed by atoms with van der Waals surface area (Å²) in [5.74, 6) is -0.280. The number of hydrogen-bond donors (Lipinski definition) is 1. The molecule has 0 heterocycles. The number of nitrogens with one attached hydrogen (secondary N) is 1. The van der Waals surface area contributed by atoms with Crippen molar-refractivity contribution in [2.75, 3.05) is 11.9 Å². The maximum atomic E-state index is 11.7. The van der Waals surface area contributed by atoms with Crippen molar-refractivity contribution in [3.63, 3.8) is 0 Å². The Bertz CT molecular complexity index is 434. The third-order valence-electron chi connectivity index (χ3n) is 3.24. The molecule has 1 atom stereocenters. The number of halogens is 1. The molecule has 0 amide bonds. The van der Waals surface area contributed by atoms with E-state index in [-0.39, 0.29) is 5.97 Å². The zero-order chi connectivity index (χ0) is 15.0. The van der Waals surface area contributed by atoms with Crippen LogP contribution in [0.2, 0.25) is 0 Å². The normalized spacial score (nSPS) is 12.0. The van der Waals surface area contributed by atoms with E-state index in [0.29, 0.717) is 18.2 Å². The third kappa shape index (κ3) is 5.16. The zero-order valence-corrected chi connectivity index (χ0v) is 14.1. The van der Waals surface area contributed by atoms with Crippen molar-refractivity contribution in [2.24, 2.45) is 0 Å². The van der Waals surface area contributed by atoms with Gasteiger partial charge < -0.3 is 10.1 Å². The van der Waals surface area contributed by atoms with Gasteiger partial charge in [-0.05, 0) is 53.9 Å². The van der Waals surface area contributed by atoms with E-state index >= 15 is 0 Å². The van der Waals surface area contributed by atoms with Gasteiger partial charge in [-0.1, -0.05) is 26.7 Å². The van der Waals surface area contributed by atoms with E-state index in [0.717, 1.165) is 16.6 Å². The molecule has 1 aromatic carbocycles. The van der Waals surface area contributed by atoms with Crippen LogP contribution < -0.4 is 5.32 Å².